The Kier molecular flexibility index (Phi) is 5.36. The molecule has 4 atom stereocenters. The Balaban J connectivity index is 1.24. The van der Waals surface area contributed by atoms with E-state index in [4.69, 9.17) is 9.47 Å². The van der Waals surface area contributed by atoms with Crippen molar-refractivity contribution in [3.05, 3.63) is 54.1 Å². The van der Waals surface area contributed by atoms with E-state index in [1.165, 1.54) is 24.1 Å². The van der Waals surface area contributed by atoms with Crippen molar-refractivity contribution in [2.75, 3.05) is 23.9 Å². The molecule has 0 unspecified atom stereocenters. The molecule has 2 saturated carbocycles. The molecule has 0 radical (unpaired) electrons. The molecule has 0 spiro atoms. The summed E-state index contributed by atoms with van der Waals surface area (Å²) in [4.78, 5) is 52.0. The Morgan fingerprint density at radius 1 is 1.00 bits per heavy atom. The van der Waals surface area contributed by atoms with Gasteiger partial charge in [-0.1, -0.05) is 12.1 Å². The predicted octanol–water partition coefficient (Wildman–Crippen LogP) is 3.03. The van der Waals surface area contributed by atoms with Crippen molar-refractivity contribution in [1.29, 1.82) is 0 Å². The number of methoxy groups -OCH3 is 1. The summed E-state index contributed by atoms with van der Waals surface area (Å²) in [6.45, 7) is -0.477. The zero-order chi connectivity index (χ0) is 23.1. The van der Waals surface area contributed by atoms with E-state index in [9.17, 15) is 19.2 Å². The van der Waals surface area contributed by atoms with Gasteiger partial charge in [0.05, 0.1) is 30.2 Å². The zero-order valence-corrected chi connectivity index (χ0v) is 18.2. The number of fused-ring (bicyclic) bond motifs is 5. The summed E-state index contributed by atoms with van der Waals surface area (Å²) in [5.41, 5.74) is 1.05. The maximum atomic E-state index is 13.0. The van der Waals surface area contributed by atoms with E-state index in [0.717, 1.165) is 19.3 Å². The van der Waals surface area contributed by atoms with Crippen LogP contribution in [0.1, 0.15) is 29.6 Å². The second-order valence-electron chi connectivity index (χ2n) is 8.80. The number of hydrogen-bond donors (Lipinski definition) is 1. The number of hydrogen-bond acceptors (Lipinski definition) is 6. The highest BCUT2D eigenvalue weighted by molar-refractivity contribution is 6.22. The highest BCUT2D eigenvalue weighted by atomic mass is 16.5. The summed E-state index contributed by atoms with van der Waals surface area (Å²) >= 11 is 0. The third kappa shape index (κ3) is 3.75. The molecular weight excluding hydrogens is 424 g/mol. The van der Waals surface area contributed by atoms with Crippen LogP contribution in [0.2, 0.25) is 0 Å². The molecule has 2 bridgehead atoms. The van der Waals surface area contributed by atoms with Crippen LogP contribution < -0.4 is 15.0 Å². The van der Waals surface area contributed by atoms with E-state index in [1.807, 2.05) is 0 Å². The maximum Gasteiger partial charge on any atom is 0.338 e. The Morgan fingerprint density at radius 2 is 1.70 bits per heavy atom. The molecule has 1 saturated heterocycles. The van der Waals surface area contributed by atoms with Crippen LogP contribution in [0.25, 0.3) is 0 Å². The van der Waals surface area contributed by atoms with Crippen LogP contribution in [0.5, 0.6) is 5.75 Å². The second-order valence-corrected chi connectivity index (χ2v) is 8.80. The second kappa shape index (κ2) is 8.35. The molecule has 2 aromatic rings. The summed E-state index contributed by atoms with van der Waals surface area (Å²) < 4.78 is 10.2. The average Bonchev–Trinajstić information content (AvgIpc) is 3.51. The predicted molar refractivity (Wildman–Crippen MR) is 119 cm³/mol. The Morgan fingerprint density at radius 3 is 2.39 bits per heavy atom. The number of ether oxygens (including phenoxy) is 2. The summed E-state index contributed by atoms with van der Waals surface area (Å²) in [6, 6.07) is 13.1. The van der Waals surface area contributed by atoms with Gasteiger partial charge in [-0.25, -0.2) is 4.79 Å². The number of nitrogens with zero attached hydrogens (tertiary/aromatic N) is 1. The average molecular weight is 448 g/mol. The lowest BCUT2D eigenvalue weighted by atomic mass is 9.81. The van der Waals surface area contributed by atoms with Gasteiger partial charge in [-0.3, -0.25) is 19.3 Å². The number of esters is 1. The highest BCUT2D eigenvalue weighted by Crippen LogP contribution is 2.56. The van der Waals surface area contributed by atoms with E-state index in [1.54, 1.807) is 36.4 Å². The summed E-state index contributed by atoms with van der Waals surface area (Å²) in [6.07, 6.45) is 2.97. The summed E-state index contributed by atoms with van der Waals surface area (Å²) in [7, 11) is 1.52. The Bertz CT molecular complexity index is 1120. The Hall–Kier alpha value is -3.68. The molecular formula is C25H24N2O6. The molecule has 5 rings (SSSR count). The van der Waals surface area contributed by atoms with Crippen molar-refractivity contribution >= 4 is 35.1 Å². The standard InChI is InChI=1S/C25H24N2O6/c1-32-19-7-3-5-17(12-19)26-20(28)13-33-25(31)16-4-2-6-18(11-16)27-23(29)21-14-8-9-15(10-14)22(21)24(27)30/h2-7,11-12,14-15,21-22H,8-10,13H2,1H3,(H,26,28)/t14-,15-,21+,22+/m0/s1. The van der Waals surface area contributed by atoms with Crippen molar-refractivity contribution < 1.29 is 28.7 Å². The third-order valence-corrected chi connectivity index (χ3v) is 6.96. The number of nitrogens with one attached hydrogen (secondary N) is 1. The van der Waals surface area contributed by atoms with E-state index in [-0.39, 0.29) is 41.0 Å². The van der Waals surface area contributed by atoms with Crippen LogP contribution in [0.15, 0.2) is 48.5 Å². The minimum Gasteiger partial charge on any atom is -0.497 e. The van der Waals surface area contributed by atoms with E-state index < -0.39 is 18.5 Å². The number of benzene rings is 2. The number of carbonyl (C=O) groups excluding carboxylic acids is 4. The lowest BCUT2D eigenvalue weighted by Gasteiger charge is -2.19. The van der Waals surface area contributed by atoms with E-state index in [0.29, 0.717) is 17.1 Å². The molecule has 8 heteroatoms. The first-order chi connectivity index (χ1) is 16.0. The zero-order valence-electron chi connectivity index (χ0n) is 18.2. The lowest BCUT2D eigenvalue weighted by Crippen LogP contribution is -2.32. The number of amides is 3. The Labute approximate surface area is 190 Å². The molecule has 170 valence electrons. The summed E-state index contributed by atoms with van der Waals surface area (Å²) in [5.74, 6) is -0.835. The maximum absolute atomic E-state index is 13.0. The van der Waals surface area contributed by atoms with Gasteiger partial charge in [-0.2, -0.15) is 0 Å². The van der Waals surface area contributed by atoms with Gasteiger partial charge >= 0.3 is 5.97 Å². The topological polar surface area (TPSA) is 102 Å². The SMILES string of the molecule is COc1cccc(NC(=O)COC(=O)c2cccc(N3C(=O)[C@@H]4[C@H]5CC[C@@H](C5)[C@H]4C3=O)c2)c1. The number of carbonyl (C=O) groups is 4. The van der Waals surface area contributed by atoms with Gasteiger partial charge in [0, 0.05) is 11.8 Å². The monoisotopic (exact) mass is 448 g/mol. The number of imide groups is 1. The van der Waals surface area contributed by atoms with E-state index in [2.05, 4.69) is 5.32 Å². The normalized spacial score (nSPS) is 25.2. The first-order valence-corrected chi connectivity index (χ1v) is 11.0. The van der Waals surface area contributed by atoms with Crippen LogP contribution in [0, 0.1) is 23.7 Å². The quantitative estimate of drug-likeness (QED) is 0.538. The molecule has 1 aliphatic heterocycles. The van der Waals surface area contributed by atoms with Crippen LogP contribution in [-0.4, -0.2) is 37.4 Å². The molecule has 1 heterocycles. The van der Waals surface area contributed by atoms with E-state index >= 15 is 0 Å². The van der Waals surface area contributed by atoms with Crippen LogP contribution in [0.3, 0.4) is 0 Å². The van der Waals surface area contributed by atoms with Gasteiger partial charge < -0.3 is 14.8 Å². The number of rotatable bonds is 6. The molecule has 0 aromatic heterocycles. The van der Waals surface area contributed by atoms with Crippen molar-refractivity contribution in [2.45, 2.75) is 19.3 Å². The van der Waals surface area contributed by atoms with Crippen molar-refractivity contribution in [1.82, 2.24) is 0 Å². The lowest BCUT2D eigenvalue weighted by molar-refractivity contribution is -0.123. The van der Waals surface area contributed by atoms with Crippen molar-refractivity contribution in [3.63, 3.8) is 0 Å². The van der Waals surface area contributed by atoms with Crippen LogP contribution in [0.4, 0.5) is 11.4 Å². The van der Waals surface area contributed by atoms with Crippen LogP contribution >= 0.6 is 0 Å². The van der Waals surface area contributed by atoms with Gasteiger partial charge in [0.1, 0.15) is 5.75 Å². The van der Waals surface area contributed by atoms with Crippen molar-refractivity contribution in [3.8, 4) is 5.75 Å². The minimum absolute atomic E-state index is 0.166. The molecule has 3 amide bonds. The molecule has 1 N–H and O–H groups in total. The minimum atomic E-state index is -0.711. The molecule has 8 nitrogen and oxygen atoms in total. The molecule has 2 aromatic carbocycles. The molecule has 2 aliphatic carbocycles. The fourth-order valence-electron chi connectivity index (χ4n) is 5.55. The summed E-state index contributed by atoms with van der Waals surface area (Å²) in [5, 5.41) is 2.63. The van der Waals surface area contributed by atoms with Crippen molar-refractivity contribution in [2.24, 2.45) is 23.7 Å². The van der Waals surface area contributed by atoms with Gasteiger partial charge in [0.2, 0.25) is 11.8 Å². The third-order valence-electron chi connectivity index (χ3n) is 6.96. The fraction of sp³-hybridized carbons (Fsp3) is 0.360. The molecule has 3 aliphatic rings. The highest BCUT2D eigenvalue weighted by Gasteiger charge is 2.61. The van der Waals surface area contributed by atoms with Gasteiger partial charge in [0.25, 0.3) is 5.91 Å². The van der Waals surface area contributed by atoms with Gasteiger partial charge in [-0.15, -0.1) is 0 Å². The smallest absolute Gasteiger partial charge is 0.338 e. The van der Waals surface area contributed by atoms with Gasteiger partial charge in [0.15, 0.2) is 6.61 Å². The first-order valence-electron chi connectivity index (χ1n) is 11.0. The van der Waals surface area contributed by atoms with Crippen LogP contribution in [-0.2, 0) is 19.1 Å². The number of anilines is 2. The fourth-order valence-corrected chi connectivity index (χ4v) is 5.55. The first kappa shape index (κ1) is 21.2. The largest absolute Gasteiger partial charge is 0.497 e. The molecule has 33 heavy (non-hydrogen) atoms. The molecule has 3 fully saturated rings. The van der Waals surface area contributed by atoms with Gasteiger partial charge in [-0.05, 0) is 61.4 Å².